The number of aromatic hydroxyl groups is 1. The van der Waals surface area contributed by atoms with Crippen LogP contribution < -0.4 is 0 Å². The Bertz CT molecular complexity index is 411. The molecule has 18 heavy (non-hydrogen) atoms. The maximum absolute atomic E-state index is 9.92. The molecule has 1 aliphatic heterocycles. The molecule has 100 valence electrons. The van der Waals surface area contributed by atoms with Crippen LogP contribution in [-0.2, 0) is 4.74 Å². The average molecular weight is 270 g/mol. The van der Waals surface area contributed by atoms with Crippen molar-refractivity contribution in [2.24, 2.45) is 5.92 Å². The minimum Gasteiger partial charge on any atom is -0.508 e. The van der Waals surface area contributed by atoms with Gasteiger partial charge in [-0.15, -0.1) is 0 Å². The van der Waals surface area contributed by atoms with Gasteiger partial charge in [-0.3, -0.25) is 4.90 Å². The third kappa shape index (κ3) is 2.97. The summed E-state index contributed by atoms with van der Waals surface area (Å²) in [7, 11) is 1.74. The smallest absolute Gasteiger partial charge is 0.120 e. The topological polar surface area (TPSA) is 32.7 Å². The molecule has 4 heteroatoms. The number of rotatable bonds is 4. The second-order valence-electron chi connectivity index (χ2n) is 4.98. The molecule has 1 aliphatic rings. The summed E-state index contributed by atoms with van der Waals surface area (Å²) in [6.07, 6.45) is 1.15. The van der Waals surface area contributed by atoms with Crippen LogP contribution in [0.2, 0.25) is 5.02 Å². The number of methoxy groups -OCH3 is 1. The molecule has 1 fully saturated rings. The highest BCUT2D eigenvalue weighted by Crippen LogP contribution is 2.33. The van der Waals surface area contributed by atoms with E-state index < -0.39 is 0 Å². The predicted octanol–water partition coefficient (Wildman–Crippen LogP) is 3.07. The molecular weight excluding hydrogens is 250 g/mol. The summed E-state index contributed by atoms with van der Waals surface area (Å²) in [5.41, 5.74) is 0.903. The van der Waals surface area contributed by atoms with Gasteiger partial charge >= 0.3 is 0 Å². The fourth-order valence-electron chi connectivity index (χ4n) is 2.64. The number of likely N-dealkylation sites (tertiary alicyclic amines) is 1. The molecule has 0 bridgehead atoms. The molecule has 1 heterocycles. The van der Waals surface area contributed by atoms with E-state index in [1.165, 1.54) is 0 Å². The summed E-state index contributed by atoms with van der Waals surface area (Å²) >= 11 is 6.00. The van der Waals surface area contributed by atoms with Gasteiger partial charge < -0.3 is 9.84 Å². The van der Waals surface area contributed by atoms with E-state index in [1.54, 1.807) is 19.2 Å². The van der Waals surface area contributed by atoms with E-state index in [0.717, 1.165) is 31.7 Å². The van der Waals surface area contributed by atoms with Gasteiger partial charge in [-0.1, -0.05) is 11.6 Å². The Kier molecular flexibility index (Phi) is 4.49. The summed E-state index contributed by atoms with van der Waals surface area (Å²) in [6.45, 7) is 4.98. The fourth-order valence-corrected chi connectivity index (χ4v) is 2.82. The SMILES string of the molecule is COCC1CCN(C(C)c2cc(Cl)ccc2O)C1. The van der Waals surface area contributed by atoms with Crippen LogP contribution in [0.4, 0.5) is 0 Å². The van der Waals surface area contributed by atoms with Crippen LogP contribution in [0.15, 0.2) is 18.2 Å². The highest BCUT2D eigenvalue weighted by molar-refractivity contribution is 6.30. The molecule has 0 radical (unpaired) electrons. The van der Waals surface area contributed by atoms with Gasteiger partial charge in [0.2, 0.25) is 0 Å². The lowest BCUT2D eigenvalue weighted by Gasteiger charge is -2.25. The number of hydrogen-bond acceptors (Lipinski definition) is 3. The standard InChI is InChI=1S/C14H20ClNO2/c1-10(13-7-12(15)3-4-14(13)17)16-6-5-11(8-16)9-18-2/h3-4,7,10-11,17H,5-6,8-9H2,1-2H3. The highest BCUT2D eigenvalue weighted by Gasteiger charge is 2.27. The summed E-state index contributed by atoms with van der Waals surface area (Å²) in [6, 6.07) is 5.41. The molecule has 1 aromatic carbocycles. The first-order chi connectivity index (χ1) is 8.61. The second-order valence-corrected chi connectivity index (χ2v) is 5.42. The van der Waals surface area contributed by atoms with E-state index in [0.29, 0.717) is 16.7 Å². The van der Waals surface area contributed by atoms with Crippen molar-refractivity contribution in [1.29, 1.82) is 0 Å². The number of ether oxygens (including phenoxy) is 1. The number of hydrogen-bond donors (Lipinski definition) is 1. The van der Waals surface area contributed by atoms with Crippen LogP contribution in [0.5, 0.6) is 5.75 Å². The summed E-state index contributed by atoms with van der Waals surface area (Å²) in [4.78, 5) is 2.37. The number of halogens is 1. The van der Waals surface area contributed by atoms with Crippen LogP contribution in [-0.4, -0.2) is 36.8 Å². The van der Waals surface area contributed by atoms with Crippen molar-refractivity contribution in [2.75, 3.05) is 26.8 Å². The maximum atomic E-state index is 9.92. The molecule has 0 aromatic heterocycles. The van der Waals surface area contributed by atoms with Gasteiger partial charge in [-0.05, 0) is 44.0 Å². The summed E-state index contributed by atoms with van der Waals surface area (Å²) in [5.74, 6) is 0.917. The first-order valence-corrected chi connectivity index (χ1v) is 6.71. The van der Waals surface area contributed by atoms with Crippen molar-refractivity contribution in [3.63, 3.8) is 0 Å². The van der Waals surface area contributed by atoms with Crippen LogP contribution in [0.25, 0.3) is 0 Å². The number of benzene rings is 1. The zero-order valence-corrected chi connectivity index (χ0v) is 11.7. The van der Waals surface area contributed by atoms with E-state index in [1.807, 2.05) is 6.07 Å². The van der Waals surface area contributed by atoms with Crippen LogP contribution in [0.1, 0.15) is 24.9 Å². The average Bonchev–Trinajstić information content (AvgIpc) is 2.80. The minimum atomic E-state index is 0.186. The lowest BCUT2D eigenvalue weighted by atomic mass is 10.1. The zero-order valence-electron chi connectivity index (χ0n) is 10.9. The van der Waals surface area contributed by atoms with Gasteiger partial charge in [-0.25, -0.2) is 0 Å². The molecule has 2 unspecified atom stereocenters. The van der Waals surface area contributed by atoms with Gasteiger partial charge in [0, 0.05) is 30.3 Å². The lowest BCUT2D eigenvalue weighted by Crippen LogP contribution is -2.25. The molecule has 2 atom stereocenters. The molecule has 0 amide bonds. The third-order valence-corrected chi connectivity index (χ3v) is 3.94. The van der Waals surface area contributed by atoms with E-state index in [4.69, 9.17) is 16.3 Å². The molecule has 3 nitrogen and oxygen atoms in total. The van der Waals surface area contributed by atoms with Gasteiger partial charge in [0.25, 0.3) is 0 Å². The monoisotopic (exact) mass is 269 g/mol. The molecule has 0 saturated carbocycles. The summed E-state index contributed by atoms with van der Waals surface area (Å²) < 4.78 is 5.21. The fraction of sp³-hybridized carbons (Fsp3) is 0.571. The van der Waals surface area contributed by atoms with Crippen molar-refractivity contribution < 1.29 is 9.84 Å². The Morgan fingerprint density at radius 3 is 3.06 bits per heavy atom. The molecule has 1 aromatic rings. The largest absolute Gasteiger partial charge is 0.508 e. The highest BCUT2D eigenvalue weighted by atomic mass is 35.5. The van der Waals surface area contributed by atoms with Crippen molar-refractivity contribution in [3.05, 3.63) is 28.8 Å². The Hall–Kier alpha value is -0.770. The molecular formula is C14H20ClNO2. The van der Waals surface area contributed by atoms with E-state index in [2.05, 4.69) is 11.8 Å². The van der Waals surface area contributed by atoms with Crippen LogP contribution in [0.3, 0.4) is 0 Å². The van der Waals surface area contributed by atoms with Crippen LogP contribution in [0, 0.1) is 5.92 Å². The first-order valence-electron chi connectivity index (χ1n) is 6.33. The van der Waals surface area contributed by atoms with Crippen molar-refractivity contribution >= 4 is 11.6 Å². The second kappa shape index (κ2) is 5.91. The van der Waals surface area contributed by atoms with E-state index in [9.17, 15) is 5.11 Å². The summed E-state index contributed by atoms with van der Waals surface area (Å²) in [5, 5.41) is 10.6. The van der Waals surface area contributed by atoms with Gasteiger partial charge in [-0.2, -0.15) is 0 Å². The molecule has 0 spiro atoms. The Balaban J connectivity index is 2.07. The Morgan fingerprint density at radius 1 is 1.56 bits per heavy atom. The number of phenols is 1. The quantitative estimate of drug-likeness (QED) is 0.912. The molecule has 2 rings (SSSR count). The van der Waals surface area contributed by atoms with Gasteiger partial charge in [0.1, 0.15) is 5.75 Å². The normalized spacial score (nSPS) is 22.3. The molecule has 1 N–H and O–H groups in total. The van der Waals surface area contributed by atoms with Gasteiger partial charge in [0.05, 0.1) is 6.61 Å². The van der Waals surface area contributed by atoms with Crippen LogP contribution >= 0.6 is 11.6 Å². The van der Waals surface area contributed by atoms with Crippen molar-refractivity contribution in [3.8, 4) is 5.75 Å². The first kappa shape index (κ1) is 13.7. The Labute approximate surface area is 113 Å². The number of phenolic OH excluding ortho intramolecular Hbond substituents is 1. The van der Waals surface area contributed by atoms with Crippen molar-refractivity contribution in [2.45, 2.75) is 19.4 Å². The Morgan fingerprint density at radius 2 is 2.33 bits per heavy atom. The number of nitrogens with zero attached hydrogens (tertiary/aromatic N) is 1. The molecule has 0 aliphatic carbocycles. The third-order valence-electron chi connectivity index (χ3n) is 3.71. The van der Waals surface area contributed by atoms with E-state index in [-0.39, 0.29) is 6.04 Å². The van der Waals surface area contributed by atoms with Gasteiger partial charge in [0.15, 0.2) is 0 Å². The van der Waals surface area contributed by atoms with E-state index >= 15 is 0 Å². The predicted molar refractivity (Wildman–Crippen MR) is 73.1 cm³/mol. The zero-order chi connectivity index (χ0) is 13.1. The lowest BCUT2D eigenvalue weighted by molar-refractivity contribution is 0.148. The molecule has 1 saturated heterocycles. The van der Waals surface area contributed by atoms with Crippen molar-refractivity contribution in [1.82, 2.24) is 4.90 Å². The maximum Gasteiger partial charge on any atom is 0.120 e. The minimum absolute atomic E-state index is 0.186.